The van der Waals surface area contributed by atoms with Crippen LogP contribution in [0.15, 0.2) is 24.3 Å². The molecule has 2 aliphatic rings. The first-order valence-electron chi connectivity index (χ1n) is 10.7. The molecule has 1 aliphatic heterocycles. The van der Waals surface area contributed by atoms with Crippen LogP contribution in [0, 0.1) is 20.8 Å². The summed E-state index contributed by atoms with van der Waals surface area (Å²) in [5, 5.41) is 8.37. The number of nitrogens with one attached hydrogen (secondary N) is 1. The smallest absolute Gasteiger partial charge is 0.256 e. The third kappa shape index (κ3) is 3.73. The van der Waals surface area contributed by atoms with Gasteiger partial charge in [0.25, 0.3) is 5.91 Å². The van der Waals surface area contributed by atoms with Gasteiger partial charge in [-0.3, -0.25) is 4.79 Å². The number of aryl methyl sites for hydroxylation is 3. The molecule has 1 amide bonds. The molecule has 162 valence electrons. The predicted octanol–water partition coefficient (Wildman–Crippen LogP) is 3.85. The molecule has 0 bridgehead atoms. The second-order valence-corrected chi connectivity index (χ2v) is 11.1. The van der Waals surface area contributed by atoms with Crippen LogP contribution >= 0.6 is 0 Å². The van der Waals surface area contributed by atoms with Gasteiger partial charge in [-0.2, -0.15) is 5.10 Å². The van der Waals surface area contributed by atoms with Crippen molar-refractivity contribution >= 4 is 32.5 Å². The van der Waals surface area contributed by atoms with E-state index in [-0.39, 0.29) is 23.5 Å². The molecule has 2 aromatic heterocycles. The number of anilines is 1. The minimum atomic E-state index is -3.06. The number of rotatable bonds is 4. The lowest BCUT2D eigenvalue weighted by Crippen LogP contribution is -2.15. The van der Waals surface area contributed by atoms with E-state index in [4.69, 9.17) is 4.98 Å². The lowest BCUT2D eigenvalue weighted by atomic mass is 10.1. The largest absolute Gasteiger partial charge is 0.322 e. The number of amides is 1. The van der Waals surface area contributed by atoms with Crippen molar-refractivity contribution < 1.29 is 13.2 Å². The summed E-state index contributed by atoms with van der Waals surface area (Å²) in [5.74, 6) is 0.399. The SMILES string of the molecule is Cc1ccc(NC(=O)c2cc(C3CC3)nc3c2c(C)nn3[C@@H]2CCS(=O)(=O)C2)cc1C. The van der Waals surface area contributed by atoms with E-state index in [9.17, 15) is 13.2 Å². The summed E-state index contributed by atoms with van der Waals surface area (Å²) >= 11 is 0. The van der Waals surface area contributed by atoms with Gasteiger partial charge in [-0.1, -0.05) is 6.07 Å². The van der Waals surface area contributed by atoms with Gasteiger partial charge in [0.2, 0.25) is 0 Å². The molecule has 0 spiro atoms. The maximum Gasteiger partial charge on any atom is 0.256 e. The van der Waals surface area contributed by atoms with Gasteiger partial charge in [0.1, 0.15) is 0 Å². The molecule has 31 heavy (non-hydrogen) atoms. The zero-order valence-electron chi connectivity index (χ0n) is 18.0. The Hall–Kier alpha value is -2.74. The third-order valence-corrected chi connectivity index (χ3v) is 8.17. The second kappa shape index (κ2) is 7.15. The van der Waals surface area contributed by atoms with E-state index < -0.39 is 9.84 Å². The average molecular weight is 439 g/mol. The quantitative estimate of drug-likeness (QED) is 0.668. The normalized spacial score (nSPS) is 20.3. The molecular weight excluding hydrogens is 412 g/mol. The molecule has 1 aromatic carbocycles. The number of carbonyl (C=O) groups excluding carboxylic acids is 1. The van der Waals surface area contributed by atoms with Gasteiger partial charge in [0.05, 0.1) is 34.2 Å². The van der Waals surface area contributed by atoms with Crippen molar-refractivity contribution in [2.75, 3.05) is 16.8 Å². The molecule has 1 saturated carbocycles. The number of fused-ring (bicyclic) bond motifs is 1. The fraction of sp³-hybridized carbons (Fsp3) is 0.435. The van der Waals surface area contributed by atoms with Crippen LogP contribution in [-0.2, 0) is 9.84 Å². The highest BCUT2D eigenvalue weighted by molar-refractivity contribution is 7.91. The average Bonchev–Trinajstić information content (AvgIpc) is 3.43. The van der Waals surface area contributed by atoms with E-state index in [0.717, 1.165) is 29.8 Å². The Bertz CT molecular complexity index is 1320. The van der Waals surface area contributed by atoms with Gasteiger partial charge in [-0.05, 0) is 69.4 Å². The van der Waals surface area contributed by atoms with Crippen molar-refractivity contribution in [3.8, 4) is 0 Å². The van der Waals surface area contributed by atoms with Crippen molar-refractivity contribution in [2.24, 2.45) is 0 Å². The van der Waals surface area contributed by atoms with E-state index in [1.54, 1.807) is 4.68 Å². The number of nitrogens with zero attached hydrogens (tertiary/aromatic N) is 3. The summed E-state index contributed by atoms with van der Waals surface area (Å²) < 4.78 is 25.8. The van der Waals surface area contributed by atoms with Crippen LogP contribution in [0.5, 0.6) is 0 Å². The van der Waals surface area contributed by atoms with Gasteiger partial charge in [-0.15, -0.1) is 0 Å². The Morgan fingerprint density at radius 1 is 1.10 bits per heavy atom. The zero-order chi connectivity index (χ0) is 21.9. The Morgan fingerprint density at radius 3 is 2.52 bits per heavy atom. The molecule has 1 atom stereocenters. The molecule has 8 heteroatoms. The fourth-order valence-electron chi connectivity index (χ4n) is 4.34. The minimum Gasteiger partial charge on any atom is -0.322 e. The molecule has 3 heterocycles. The van der Waals surface area contributed by atoms with Gasteiger partial charge in [-0.25, -0.2) is 18.1 Å². The van der Waals surface area contributed by atoms with Crippen LogP contribution in [0.25, 0.3) is 11.0 Å². The minimum absolute atomic E-state index is 0.0722. The Morgan fingerprint density at radius 2 is 1.87 bits per heavy atom. The van der Waals surface area contributed by atoms with E-state index in [2.05, 4.69) is 10.4 Å². The lowest BCUT2D eigenvalue weighted by Gasteiger charge is -2.12. The topological polar surface area (TPSA) is 93.9 Å². The summed E-state index contributed by atoms with van der Waals surface area (Å²) in [4.78, 5) is 18.2. The van der Waals surface area contributed by atoms with E-state index in [0.29, 0.717) is 34.6 Å². The highest BCUT2D eigenvalue weighted by atomic mass is 32.2. The lowest BCUT2D eigenvalue weighted by molar-refractivity contribution is 0.102. The van der Waals surface area contributed by atoms with Crippen LogP contribution in [-0.4, -0.2) is 40.6 Å². The molecule has 0 radical (unpaired) electrons. The monoisotopic (exact) mass is 438 g/mol. The van der Waals surface area contributed by atoms with Gasteiger partial charge in [0, 0.05) is 17.3 Å². The number of hydrogen-bond acceptors (Lipinski definition) is 5. The number of benzene rings is 1. The molecule has 1 N–H and O–H groups in total. The summed E-state index contributed by atoms with van der Waals surface area (Å²) in [6.07, 6.45) is 2.64. The fourth-order valence-corrected chi connectivity index (χ4v) is 6.03. The highest BCUT2D eigenvalue weighted by Gasteiger charge is 2.34. The molecule has 3 aromatic rings. The first-order chi connectivity index (χ1) is 14.7. The Kier molecular flexibility index (Phi) is 4.66. The van der Waals surface area contributed by atoms with E-state index in [1.165, 1.54) is 5.56 Å². The summed E-state index contributed by atoms with van der Waals surface area (Å²) in [6.45, 7) is 5.91. The maximum atomic E-state index is 13.3. The number of hydrogen-bond donors (Lipinski definition) is 1. The van der Waals surface area contributed by atoms with E-state index >= 15 is 0 Å². The Balaban J connectivity index is 1.60. The molecule has 5 rings (SSSR count). The van der Waals surface area contributed by atoms with Crippen molar-refractivity contribution in [1.29, 1.82) is 0 Å². The number of sulfone groups is 1. The van der Waals surface area contributed by atoms with Crippen LogP contribution in [0.1, 0.15) is 64.1 Å². The number of aromatic nitrogens is 3. The van der Waals surface area contributed by atoms with Gasteiger partial charge >= 0.3 is 0 Å². The van der Waals surface area contributed by atoms with Crippen LogP contribution < -0.4 is 5.32 Å². The van der Waals surface area contributed by atoms with Crippen LogP contribution in [0.4, 0.5) is 5.69 Å². The van der Waals surface area contributed by atoms with Crippen molar-refractivity contribution in [3.05, 3.63) is 52.3 Å². The zero-order valence-corrected chi connectivity index (χ0v) is 18.8. The van der Waals surface area contributed by atoms with Crippen LogP contribution in [0.2, 0.25) is 0 Å². The molecule has 1 saturated heterocycles. The molecule has 0 unspecified atom stereocenters. The van der Waals surface area contributed by atoms with Gasteiger partial charge in [0.15, 0.2) is 15.5 Å². The molecule has 7 nitrogen and oxygen atoms in total. The first-order valence-corrected chi connectivity index (χ1v) is 12.5. The van der Waals surface area contributed by atoms with Crippen molar-refractivity contribution in [2.45, 2.75) is 52.0 Å². The predicted molar refractivity (Wildman–Crippen MR) is 120 cm³/mol. The summed E-state index contributed by atoms with van der Waals surface area (Å²) in [5.41, 5.74) is 5.79. The van der Waals surface area contributed by atoms with Crippen molar-refractivity contribution in [3.63, 3.8) is 0 Å². The molecule has 1 aliphatic carbocycles. The standard InChI is InChI=1S/C23H26N4O3S/c1-13-4-7-17(10-14(13)2)24-23(28)19-11-20(16-5-6-16)25-22-21(19)15(3)26-27(22)18-8-9-31(29,30)12-18/h4,7,10-11,16,18H,5-6,8-9,12H2,1-3H3,(H,24,28)/t18-/m1/s1. The van der Waals surface area contributed by atoms with Crippen molar-refractivity contribution in [1.82, 2.24) is 14.8 Å². The number of carbonyl (C=O) groups is 1. The Labute approximate surface area is 181 Å². The summed E-state index contributed by atoms with van der Waals surface area (Å²) in [6, 6.07) is 7.51. The first kappa shape index (κ1) is 20.2. The van der Waals surface area contributed by atoms with Crippen LogP contribution in [0.3, 0.4) is 0 Å². The maximum absolute atomic E-state index is 13.3. The third-order valence-electron chi connectivity index (χ3n) is 6.42. The second-order valence-electron chi connectivity index (χ2n) is 8.91. The van der Waals surface area contributed by atoms with E-state index in [1.807, 2.05) is 45.0 Å². The summed E-state index contributed by atoms with van der Waals surface area (Å²) in [7, 11) is -3.06. The molecular formula is C23H26N4O3S. The molecule has 2 fully saturated rings. The highest BCUT2D eigenvalue weighted by Crippen LogP contribution is 2.41. The van der Waals surface area contributed by atoms with Gasteiger partial charge < -0.3 is 5.32 Å². The number of pyridine rings is 1.